The van der Waals surface area contributed by atoms with Crippen molar-refractivity contribution in [2.45, 2.75) is 32.2 Å². The molecule has 0 N–H and O–H groups in total. The molecular weight excluding hydrogens is 160 g/mol. The lowest BCUT2D eigenvalue weighted by Crippen LogP contribution is -2.32. The van der Waals surface area contributed by atoms with Gasteiger partial charge in [0, 0.05) is 25.8 Å². The van der Waals surface area contributed by atoms with Gasteiger partial charge in [0.15, 0.2) is 0 Å². The fraction of sp³-hybridized carbons (Fsp3) is 0.818. The van der Waals surface area contributed by atoms with Gasteiger partial charge in [-0.2, -0.15) is 0 Å². The van der Waals surface area contributed by atoms with Crippen LogP contribution >= 0.6 is 0 Å². The van der Waals surface area contributed by atoms with E-state index in [1.807, 2.05) is 0 Å². The zero-order valence-electron chi connectivity index (χ0n) is 9.38. The van der Waals surface area contributed by atoms with E-state index in [-0.39, 0.29) is 0 Å². The first-order valence-electron chi connectivity index (χ1n) is 5.24. The predicted molar refractivity (Wildman–Crippen MR) is 57.7 cm³/mol. The third-order valence-electron chi connectivity index (χ3n) is 2.79. The molecule has 1 unspecified atom stereocenters. The number of likely N-dealkylation sites (tertiary alicyclic amines) is 1. The van der Waals surface area contributed by atoms with Gasteiger partial charge in [0.1, 0.15) is 0 Å². The molecule has 0 amide bonds. The van der Waals surface area contributed by atoms with Crippen LogP contribution in [0.25, 0.3) is 0 Å². The number of hydrogen-bond acceptors (Lipinski definition) is 2. The molecule has 0 spiro atoms. The lowest BCUT2D eigenvalue weighted by molar-refractivity contribution is 0.296. The Bertz CT molecular complexity index is 185. The lowest BCUT2D eigenvalue weighted by atomic mass is 10.1. The normalized spacial score (nSPS) is 25.2. The fourth-order valence-electron chi connectivity index (χ4n) is 2.11. The van der Waals surface area contributed by atoms with Crippen molar-refractivity contribution in [3.05, 3.63) is 11.8 Å². The minimum absolute atomic E-state index is 0.662. The zero-order chi connectivity index (χ0) is 9.84. The minimum Gasteiger partial charge on any atom is -0.380 e. The molecule has 0 bridgehead atoms. The molecular formula is C11H22N2. The Balaban J connectivity index is 2.69. The SMILES string of the molecule is CC/C=C(/C1CCCN1C)N(C)C. The molecule has 1 aliphatic heterocycles. The quantitative estimate of drug-likeness (QED) is 0.658. The highest BCUT2D eigenvalue weighted by molar-refractivity contribution is 5.10. The van der Waals surface area contributed by atoms with Crippen LogP contribution in [0.2, 0.25) is 0 Å². The molecule has 0 radical (unpaired) electrons. The van der Waals surface area contributed by atoms with E-state index in [2.05, 4.69) is 43.9 Å². The van der Waals surface area contributed by atoms with E-state index in [1.54, 1.807) is 0 Å². The number of nitrogens with zero attached hydrogens (tertiary/aromatic N) is 2. The van der Waals surface area contributed by atoms with Crippen molar-refractivity contribution >= 4 is 0 Å². The maximum absolute atomic E-state index is 2.46. The molecule has 0 aromatic rings. The Morgan fingerprint density at radius 2 is 2.23 bits per heavy atom. The zero-order valence-corrected chi connectivity index (χ0v) is 9.38. The number of allylic oxidation sites excluding steroid dienone is 1. The molecule has 1 aliphatic rings. The fourth-order valence-corrected chi connectivity index (χ4v) is 2.11. The van der Waals surface area contributed by atoms with Gasteiger partial charge in [0.05, 0.1) is 0 Å². The minimum atomic E-state index is 0.662. The monoisotopic (exact) mass is 182 g/mol. The maximum Gasteiger partial charge on any atom is 0.0491 e. The average molecular weight is 182 g/mol. The van der Waals surface area contributed by atoms with Gasteiger partial charge in [-0.15, -0.1) is 0 Å². The molecule has 0 aliphatic carbocycles. The van der Waals surface area contributed by atoms with E-state index in [1.165, 1.54) is 25.1 Å². The van der Waals surface area contributed by atoms with Crippen LogP contribution in [-0.4, -0.2) is 43.5 Å². The third kappa shape index (κ3) is 2.47. The molecule has 0 saturated carbocycles. The van der Waals surface area contributed by atoms with Gasteiger partial charge in [0.2, 0.25) is 0 Å². The molecule has 76 valence electrons. The molecule has 1 fully saturated rings. The summed E-state index contributed by atoms with van der Waals surface area (Å²) in [5.74, 6) is 0. The van der Waals surface area contributed by atoms with E-state index in [0.29, 0.717) is 6.04 Å². The maximum atomic E-state index is 2.46. The van der Waals surface area contributed by atoms with Crippen LogP contribution in [0.1, 0.15) is 26.2 Å². The van der Waals surface area contributed by atoms with Gasteiger partial charge in [-0.25, -0.2) is 0 Å². The molecule has 13 heavy (non-hydrogen) atoms. The Hall–Kier alpha value is -0.500. The van der Waals surface area contributed by atoms with Crippen molar-refractivity contribution in [1.82, 2.24) is 9.80 Å². The predicted octanol–water partition coefficient (Wildman–Crippen LogP) is 1.94. The van der Waals surface area contributed by atoms with Crippen LogP contribution in [0.5, 0.6) is 0 Å². The molecule has 1 atom stereocenters. The van der Waals surface area contributed by atoms with E-state index in [9.17, 15) is 0 Å². The molecule has 2 heteroatoms. The Kier molecular flexibility index (Phi) is 3.79. The summed E-state index contributed by atoms with van der Waals surface area (Å²) >= 11 is 0. The van der Waals surface area contributed by atoms with E-state index in [4.69, 9.17) is 0 Å². The molecule has 0 aromatic carbocycles. The third-order valence-corrected chi connectivity index (χ3v) is 2.79. The van der Waals surface area contributed by atoms with Crippen molar-refractivity contribution in [2.24, 2.45) is 0 Å². The van der Waals surface area contributed by atoms with Crippen molar-refractivity contribution in [1.29, 1.82) is 0 Å². The van der Waals surface area contributed by atoms with Crippen LogP contribution < -0.4 is 0 Å². The first kappa shape index (κ1) is 10.6. The van der Waals surface area contributed by atoms with E-state index in [0.717, 1.165) is 6.42 Å². The highest BCUT2D eigenvalue weighted by Gasteiger charge is 2.24. The topological polar surface area (TPSA) is 6.48 Å². The summed E-state index contributed by atoms with van der Waals surface area (Å²) in [6, 6.07) is 0.662. The smallest absolute Gasteiger partial charge is 0.0491 e. The average Bonchev–Trinajstić information content (AvgIpc) is 2.47. The molecule has 1 heterocycles. The lowest BCUT2D eigenvalue weighted by Gasteiger charge is -2.28. The molecule has 1 rings (SSSR count). The Morgan fingerprint density at radius 1 is 1.54 bits per heavy atom. The molecule has 0 aromatic heterocycles. The summed E-state index contributed by atoms with van der Waals surface area (Å²) in [6.45, 7) is 3.46. The van der Waals surface area contributed by atoms with Gasteiger partial charge in [-0.05, 0) is 32.9 Å². The van der Waals surface area contributed by atoms with Crippen LogP contribution in [0.4, 0.5) is 0 Å². The van der Waals surface area contributed by atoms with Crippen molar-refractivity contribution < 1.29 is 0 Å². The second kappa shape index (κ2) is 4.66. The first-order chi connectivity index (χ1) is 6.16. The molecule has 2 nitrogen and oxygen atoms in total. The van der Waals surface area contributed by atoms with Gasteiger partial charge >= 0.3 is 0 Å². The van der Waals surface area contributed by atoms with Crippen molar-refractivity contribution in [3.8, 4) is 0 Å². The summed E-state index contributed by atoms with van der Waals surface area (Å²) in [4.78, 5) is 4.72. The summed E-state index contributed by atoms with van der Waals surface area (Å²) in [5.41, 5.74) is 1.49. The van der Waals surface area contributed by atoms with E-state index < -0.39 is 0 Å². The summed E-state index contributed by atoms with van der Waals surface area (Å²) in [7, 11) is 6.52. The standard InChI is InChI=1S/C11H22N2/c1-5-7-10(12(2)3)11-8-6-9-13(11)4/h7,11H,5-6,8-9H2,1-4H3/b10-7-. The van der Waals surface area contributed by atoms with Gasteiger partial charge < -0.3 is 4.90 Å². The van der Waals surface area contributed by atoms with Crippen LogP contribution in [0.3, 0.4) is 0 Å². The second-order valence-electron chi connectivity index (χ2n) is 4.07. The molecule has 1 saturated heterocycles. The number of rotatable bonds is 3. The van der Waals surface area contributed by atoms with E-state index >= 15 is 0 Å². The van der Waals surface area contributed by atoms with Crippen LogP contribution in [0, 0.1) is 0 Å². The van der Waals surface area contributed by atoms with Gasteiger partial charge in [-0.1, -0.05) is 13.0 Å². The second-order valence-corrected chi connectivity index (χ2v) is 4.07. The van der Waals surface area contributed by atoms with Gasteiger partial charge in [-0.3, -0.25) is 4.90 Å². The highest BCUT2D eigenvalue weighted by Crippen LogP contribution is 2.23. The number of hydrogen-bond donors (Lipinski definition) is 0. The van der Waals surface area contributed by atoms with Crippen molar-refractivity contribution in [2.75, 3.05) is 27.7 Å². The summed E-state index contributed by atoms with van der Waals surface area (Å²) in [6.07, 6.45) is 6.15. The summed E-state index contributed by atoms with van der Waals surface area (Å²) in [5, 5.41) is 0. The summed E-state index contributed by atoms with van der Waals surface area (Å²) < 4.78 is 0. The highest BCUT2D eigenvalue weighted by atomic mass is 15.2. The first-order valence-corrected chi connectivity index (χ1v) is 5.24. The Morgan fingerprint density at radius 3 is 2.62 bits per heavy atom. The van der Waals surface area contributed by atoms with Gasteiger partial charge in [0.25, 0.3) is 0 Å². The van der Waals surface area contributed by atoms with Crippen molar-refractivity contribution in [3.63, 3.8) is 0 Å². The Labute approximate surface area is 82.2 Å². The largest absolute Gasteiger partial charge is 0.380 e. The number of likely N-dealkylation sites (N-methyl/N-ethyl adjacent to an activating group) is 2. The van der Waals surface area contributed by atoms with Crippen LogP contribution in [0.15, 0.2) is 11.8 Å². The van der Waals surface area contributed by atoms with Crippen LogP contribution in [-0.2, 0) is 0 Å².